The highest BCUT2D eigenvalue weighted by atomic mass is 35.5. The number of nitrogens with two attached hydrogens (primary N) is 1. The third-order valence-corrected chi connectivity index (χ3v) is 2.75. The van der Waals surface area contributed by atoms with Crippen LogP contribution in [-0.2, 0) is 0 Å². The van der Waals surface area contributed by atoms with Crippen LogP contribution in [-0.4, -0.2) is 17.7 Å². The third kappa shape index (κ3) is 1.66. The Hall–Kier alpha value is -1.26. The summed E-state index contributed by atoms with van der Waals surface area (Å²) in [6, 6.07) is 2.72. The van der Waals surface area contributed by atoms with Crippen molar-refractivity contribution in [1.29, 1.82) is 0 Å². The Morgan fingerprint density at radius 1 is 1.60 bits per heavy atom. The molecule has 1 aromatic rings. The largest absolute Gasteiger partial charge is 0.492 e. The van der Waals surface area contributed by atoms with Gasteiger partial charge in [-0.3, -0.25) is 0 Å². The Morgan fingerprint density at radius 2 is 2.33 bits per heavy atom. The molecule has 0 fully saturated rings. The van der Waals surface area contributed by atoms with E-state index in [1.54, 1.807) is 6.07 Å². The number of carboxylic acids is 1. The maximum absolute atomic E-state index is 10.9. The molecule has 1 aromatic carbocycles. The minimum Gasteiger partial charge on any atom is -0.492 e. The molecule has 0 radical (unpaired) electrons. The standard InChI is InChI=1S/C10H10ClNO3/c11-6-2-1-5(10(13)14)9-8(6)7(12)3-4-15-9/h1-2,7H,3-4,12H2,(H,13,14)/t7-/m0/s1. The van der Waals surface area contributed by atoms with Crippen LogP contribution >= 0.6 is 11.6 Å². The number of benzene rings is 1. The van der Waals surface area contributed by atoms with E-state index in [1.165, 1.54) is 6.07 Å². The van der Waals surface area contributed by atoms with Gasteiger partial charge in [0.25, 0.3) is 0 Å². The van der Waals surface area contributed by atoms with Gasteiger partial charge in [0.1, 0.15) is 11.3 Å². The molecule has 0 spiro atoms. The lowest BCUT2D eigenvalue weighted by atomic mass is 9.98. The van der Waals surface area contributed by atoms with Gasteiger partial charge < -0.3 is 15.6 Å². The number of halogens is 1. The first kappa shape index (κ1) is 10.3. The first-order valence-corrected chi connectivity index (χ1v) is 4.93. The Kier molecular flexibility index (Phi) is 2.54. The molecule has 15 heavy (non-hydrogen) atoms. The van der Waals surface area contributed by atoms with Gasteiger partial charge in [-0.15, -0.1) is 0 Å². The number of fused-ring (bicyclic) bond motifs is 1. The van der Waals surface area contributed by atoms with E-state index >= 15 is 0 Å². The van der Waals surface area contributed by atoms with Crippen LogP contribution in [0.25, 0.3) is 0 Å². The van der Waals surface area contributed by atoms with E-state index in [0.717, 1.165) is 0 Å². The summed E-state index contributed by atoms with van der Waals surface area (Å²) in [6.45, 7) is 0.425. The molecule has 1 aliphatic heterocycles. The van der Waals surface area contributed by atoms with Gasteiger partial charge in [0.2, 0.25) is 0 Å². The lowest BCUT2D eigenvalue weighted by molar-refractivity contribution is 0.0691. The normalized spacial score (nSPS) is 19.2. The zero-order chi connectivity index (χ0) is 11.0. The number of rotatable bonds is 1. The monoisotopic (exact) mass is 227 g/mol. The molecule has 1 heterocycles. The molecule has 0 bridgehead atoms. The van der Waals surface area contributed by atoms with Crippen LogP contribution in [0.2, 0.25) is 5.02 Å². The number of ether oxygens (including phenoxy) is 1. The predicted octanol–water partition coefficient (Wildman–Crippen LogP) is 1.82. The van der Waals surface area contributed by atoms with Crippen molar-refractivity contribution in [2.75, 3.05) is 6.61 Å². The maximum atomic E-state index is 10.9. The van der Waals surface area contributed by atoms with Crippen molar-refractivity contribution >= 4 is 17.6 Å². The van der Waals surface area contributed by atoms with E-state index < -0.39 is 5.97 Å². The average molecular weight is 228 g/mol. The fraction of sp³-hybridized carbons (Fsp3) is 0.300. The van der Waals surface area contributed by atoms with E-state index in [-0.39, 0.29) is 11.6 Å². The van der Waals surface area contributed by atoms with E-state index in [2.05, 4.69) is 0 Å². The van der Waals surface area contributed by atoms with Crippen LogP contribution in [0.15, 0.2) is 12.1 Å². The molecule has 1 atom stereocenters. The van der Waals surface area contributed by atoms with Crippen LogP contribution in [0.5, 0.6) is 5.75 Å². The summed E-state index contributed by atoms with van der Waals surface area (Å²) in [5, 5.41) is 9.41. The molecule has 80 valence electrons. The molecular weight excluding hydrogens is 218 g/mol. The molecule has 1 aliphatic rings. The molecule has 2 rings (SSSR count). The van der Waals surface area contributed by atoms with Gasteiger partial charge in [0, 0.05) is 23.0 Å². The third-order valence-electron chi connectivity index (χ3n) is 2.42. The molecular formula is C10H10ClNO3. The molecule has 0 saturated carbocycles. The van der Waals surface area contributed by atoms with Gasteiger partial charge in [0.05, 0.1) is 6.61 Å². The van der Waals surface area contributed by atoms with E-state index in [4.69, 9.17) is 27.2 Å². The van der Waals surface area contributed by atoms with Crippen LogP contribution in [0.4, 0.5) is 0 Å². The minimum absolute atomic E-state index is 0.115. The second kappa shape index (κ2) is 3.72. The second-order valence-electron chi connectivity index (χ2n) is 3.39. The van der Waals surface area contributed by atoms with Crippen molar-refractivity contribution in [3.8, 4) is 5.75 Å². The number of hydrogen-bond donors (Lipinski definition) is 2. The number of carboxylic acid groups (broad SMARTS) is 1. The molecule has 0 amide bonds. The van der Waals surface area contributed by atoms with Crippen molar-refractivity contribution in [2.24, 2.45) is 5.73 Å². The maximum Gasteiger partial charge on any atom is 0.339 e. The molecule has 5 heteroatoms. The first-order chi connectivity index (χ1) is 7.11. The van der Waals surface area contributed by atoms with Gasteiger partial charge in [-0.2, -0.15) is 0 Å². The number of aromatic carboxylic acids is 1. The summed E-state index contributed by atoms with van der Waals surface area (Å²) >= 11 is 5.96. The van der Waals surface area contributed by atoms with Gasteiger partial charge in [0.15, 0.2) is 0 Å². The van der Waals surface area contributed by atoms with Crippen LogP contribution in [0.3, 0.4) is 0 Å². The Bertz CT molecular complexity index is 419. The van der Waals surface area contributed by atoms with E-state index in [1.807, 2.05) is 0 Å². The van der Waals surface area contributed by atoms with Crippen molar-refractivity contribution in [3.63, 3.8) is 0 Å². The molecule has 3 N–H and O–H groups in total. The highest BCUT2D eigenvalue weighted by Crippen LogP contribution is 2.38. The highest BCUT2D eigenvalue weighted by Gasteiger charge is 2.26. The van der Waals surface area contributed by atoms with E-state index in [9.17, 15) is 4.79 Å². The van der Waals surface area contributed by atoms with Crippen LogP contribution in [0.1, 0.15) is 28.4 Å². The summed E-state index contributed by atoms with van der Waals surface area (Å²) in [4.78, 5) is 10.9. The van der Waals surface area contributed by atoms with Crippen LogP contribution < -0.4 is 10.5 Å². The molecule has 4 nitrogen and oxygen atoms in total. The first-order valence-electron chi connectivity index (χ1n) is 4.55. The van der Waals surface area contributed by atoms with Crippen LogP contribution in [0, 0.1) is 0 Å². The number of hydrogen-bond acceptors (Lipinski definition) is 3. The summed E-state index contributed by atoms with van der Waals surface area (Å²) in [5.74, 6) is -0.717. The molecule has 0 unspecified atom stereocenters. The summed E-state index contributed by atoms with van der Waals surface area (Å²) in [6.07, 6.45) is 0.649. The lowest BCUT2D eigenvalue weighted by Crippen LogP contribution is -2.22. The number of carbonyl (C=O) groups is 1. The Balaban J connectivity index is 2.63. The van der Waals surface area contributed by atoms with Crippen molar-refractivity contribution in [2.45, 2.75) is 12.5 Å². The minimum atomic E-state index is -1.03. The smallest absolute Gasteiger partial charge is 0.339 e. The molecule has 0 aromatic heterocycles. The van der Waals surface area contributed by atoms with Crippen molar-refractivity contribution < 1.29 is 14.6 Å². The topological polar surface area (TPSA) is 72.5 Å². The molecule has 0 saturated heterocycles. The van der Waals surface area contributed by atoms with E-state index in [0.29, 0.717) is 29.4 Å². The van der Waals surface area contributed by atoms with Crippen molar-refractivity contribution in [3.05, 3.63) is 28.3 Å². The fourth-order valence-electron chi connectivity index (χ4n) is 1.68. The summed E-state index contributed by atoms with van der Waals surface area (Å²) < 4.78 is 5.32. The van der Waals surface area contributed by atoms with Crippen molar-refractivity contribution in [1.82, 2.24) is 0 Å². The van der Waals surface area contributed by atoms with Gasteiger partial charge >= 0.3 is 5.97 Å². The highest BCUT2D eigenvalue weighted by molar-refractivity contribution is 6.31. The zero-order valence-electron chi connectivity index (χ0n) is 7.87. The quantitative estimate of drug-likeness (QED) is 0.768. The van der Waals surface area contributed by atoms with Gasteiger partial charge in [-0.1, -0.05) is 11.6 Å². The average Bonchev–Trinajstić information content (AvgIpc) is 2.17. The molecule has 0 aliphatic carbocycles. The van der Waals surface area contributed by atoms with Gasteiger partial charge in [-0.25, -0.2) is 4.79 Å². The zero-order valence-corrected chi connectivity index (χ0v) is 8.62. The summed E-state index contributed by atoms with van der Waals surface area (Å²) in [7, 11) is 0. The Morgan fingerprint density at radius 3 is 3.00 bits per heavy atom. The lowest BCUT2D eigenvalue weighted by Gasteiger charge is -2.25. The Labute approximate surface area is 91.6 Å². The summed E-state index contributed by atoms with van der Waals surface area (Å²) in [5.41, 5.74) is 6.57. The second-order valence-corrected chi connectivity index (χ2v) is 3.79. The van der Waals surface area contributed by atoms with Gasteiger partial charge in [-0.05, 0) is 12.1 Å². The predicted molar refractivity (Wildman–Crippen MR) is 55.5 cm³/mol. The fourth-order valence-corrected chi connectivity index (χ4v) is 1.97. The SMILES string of the molecule is N[C@H]1CCOc2c(C(=O)O)ccc(Cl)c21.